The van der Waals surface area contributed by atoms with Crippen LogP contribution in [0.1, 0.15) is 26.3 Å². The summed E-state index contributed by atoms with van der Waals surface area (Å²) in [5, 5.41) is 10.3. The van der Waals surface area contributed by atoms with E-state index in [0.717, 1.165) is 5.56 Å². The molecule has 0 saturated heterocycles. The highest BCUT2D eigenvalue weighted by Crippen LogP contribution is 2.08. The summed E-state index contributed by atoms with van der Waals surface area (Å²) in [5.41, 5.74) is 2.85. The van der Waals surface area contributed by atoms with Crippen molar-refractivity contribution in [2.24, 2.45) is 4.99 Å². The Balaban J connectivity index is 2.89. The summed E-state index contributed by atoms with van der Waals surface area (Å²) >= 11 is 0. The SMILES string of the molecule is C=CCN(CC(=O)O)NC(=NCc1ccccc1)OC(=O)OC(C)(C)C. The molecule has 0 aromatic heterocycles. The predicted molar refractivity (Wildman–Crippen MR) is 97.4 cm³/mol. The van der Waals surface area contributed by atoms with Gasteiger partial charge in [-0.05, 0) is 26.3 Å². The lowest BCUT2D eigenvalue weighted by atomic mass is 10.2. The van der Waals surface area contributed by atoms with Gasteiger partial charge in [-0.2, -0.15) is 0 Å². The normalized spacial score (nSPS) is 11.8. The van der Waals surface area contributed by atoms with Crippen molar-refractivity contribution in [1.82, 2.24) is 10.4 Å². The Labute approximate surface area is 153 Å². The summed E-state index contributed by atoms with van der Waals surface area (Å²) in [6.45, 7) is 8.79. The lowest BCUT2D eigenvalue weighted by Crippen LogP contribution is -2.47. The number of hydrogen-bond donors (Lipinski definition) is 2. The van der Waals surface area contributed by atoms with Crippen molar-refractivity contribution >= 4 is 18.1 Å². The number of carboxylic acid groups (broad SMARTS) is 1. The molecule has 0 fully saturated rings. The summed E-state index contributed by atoms with van der Waals surface area (Å²) in [4.78, 5) is 27.1. The van der Waals surface area contributed by atoms with E-state index in [2.05, 4.69) is 17.0 Å². The van der Waals surface area contributed by atoms with E-state index in [1.165, 1.54) is 11.1 Å². The highest BCUT2D eigenvalue weighted by atomic mass is 16.7. The zero-order valence-corrected chi connectivity index (χ0v) is 15.3. The Morgan fingerprint density at radius 2 is 1.96 bits per heavy atom. The second-order valence-electron chi connectivity index (χ2n) is 6.35. The van der Waals surface area contributed by atoms with Crippen LogP contribution in [0.2, 0.25) is 0 Å². The molecule has 0 bridgehead atoms. The maximum atomic E-state index is 11.9. The molecule has 26 heavy (non-hydrogen) atoms. The minimum Gasteiger partial charge on any atom is -0.480 e. The predicted octanol–water partition coefficient (Wildman–Crippen LogP) is 2.57. The second kappa shape index (κ2) is 10.2. The van der Waals surface area contributed by atoms with Crippen LogP contribution in [-0.2, 0) is 20.8 Å². The molecule has 0 spiro atoms. The summed E-state index contributed by atoms with van der Waals surface area (Å²) in [7, 11) is 0. The summed E-state index contributed by atoms with van der Waals surface area (Å²) < 4.78 is 10.2. The van der Waals surface area contributed by atoms with Crippen LogP contribution in [0.25, 0.3) is 0 Å². The van der Waals surface area contributed by atoms with Gasteiger partial charge in [-0.25, -0.2) is 14.8 Å². The maximum absolute atomic E-state index is 11.9. The number of aliphatic carboxylic acids is 1. The Kier molecular flexibility index (Phi) is 8.30. The van der Waals surface area contributed by atoms with Crippen LogP contribution in [0.4, 0.5) is 4.79 Å². The number of hydrazine groups is 1. The van der Waals surface area contributed by atoms with E-state index in [1.807, 2.05) is 30.3 Å². The molecule has 0 aliphatic heterocycles. The monoisotopic (exact) mass is 363 g/mol. The summed E-state index contributed by atoms with van der Waals surface area (Å²) in [5.74, 6) is -1.06. The van der Waals surface area contributed by atoms with Crippen LogP contribution < -0.4 is 5.43 Å². The number of rotatable bonds is 7. The number of carbonyl (C=O) groups excluding carboxylic acids is 1. The van der Waals surface area contributed by atoms with Gasteiger partial charge in [0.1, 0.15) is 12.1 Å². The van der Waals surface area contributed by atoms with Gasteiger partial charge in [0.25, 0.3) is 0 Å². The van der Waals surface area contributed by atoms with Crippen LogP contribution in [0.5, 0.6) is 0 Å². The molecule has 8 nitrogen and oxygen atoms in total. The van der Waals surface area contributed by atoms with Gasteiger partial charge in [0, 0.05) is 6.54 Å². The Morgan fingerprint density at radius 1 is 1.31 bits per heavy atom. The van der Waals surface area contributed by atoms with Gasteiger partial charge in [0.2, 0.25) is 0 Å². The molecule has 142 valence electrons. The van der Waals surface area contributed by atoms with Crippen molar-refractivity contribution in [1.29, 1.82) is 0 Å². The van der Waals surface area contributed by atoms with Crippen molar-refractivity contribution in [3.8, 4) is 0 Å². The minimum atomic E-state index is -1.06. The Bertz CT molecular complexity index is 638. The molecular formula is C18H25N3O5. The number of ether oxygens (including phenoxy) is 2. The highest BCUT2D eigenvalue weighted by molar-refractivity contribution is 5.84. The Hall–Kier alpha value is -2.87. The van der Waals surface area contributed by atoms with Crippen molar-refractivity contribution in [3.63, 3.8) is 0 Å². The lowest BCUT2D eigenvalue weighted by molar-refractivity contribution is -0.138. The molecule has 0 atom stereocenters. The molecule has 0 radical (unpaired) electrons. The molecular weight excluding hydrogens is 338 g/mol. The van der Waals surface area contributed by atoms with Crippen LogP contribution in [0, 0.1) is 0 Å². The van der Waals surface area contributed by atoms with E-state index in [4.69, 9.17) is 14.6 Å². The molecule has 0 aliphatic carbocycles. The molecule has 1 rings (SSSR count). The van der Waals surface area contributed by atoms with Crippen molar-refractivity contribution in [2.75, 3.05) is 13.1 Å². The molecule has 1 aromatic rings. The van der Waals surface area contributed by atoms with Crippen LogP contribution in [0.15, 0.2) is 48.0 Å². The third-order valence-corrected chi connectivity index (χ3v) is 2.75. The number of aliphatic imine (C=N–C) groups is 1. The van der Waals surface area contributed by atoms with E-state index in [-0.39, 0.29) is 25.7 Å². The maximum Gasteiger partial charge on any atom is 0.516 e. The van der Waals surface area contributed by atoms with E-state index in [1.54, 1.807) is 20.8 Å². The average molecular weight is 363 g/mol. The molecule has 0 heterocycles. The molecule has 8 heteroatoms. The number of benzene rings is 1. The number of nitrogens with zero attached hydrogens (tertiary/aromatic N) is 2. The zero-order chi connectivity index (χ0) is 19.6. The largest absolute Gasteiger partial charge is 0.516 e. The first kappa shape index (κ1) is 21.2. The van der Waals surface area contributed by atoms with Crippen LogP contribution in [0.3, 0.4) is 0 Å². The van der Waals surface area contributed by atoms with Gasteiger partial charge in [-0.15, -0.1) is 6.58 Å². The molecule has 2 N–H and O–H groups in total. The van der Waals surface area contributed by atoms with Crippen molar-refractivity contribution in [2.45, 2.75) is 32.9 Å². The van der Waals surface area contributed by atoms with E-state index in [9.17, 15) is 9.59 Å². The zero-order valence-electron chi connectivity index (χ0n) is 15.3. The van der Waals surface area contributed by atoms with Crippen molar-refractivity contribution < 1.29 is 24.2 Å². The first-order valence-corrected chi connectivity index (χ1v) is 8.03. The second-order valence-corrected chi connectivity index (χ2v) is 6.35. The number of carboxylic acids is 1. The average Bonchev–Trinajstić information content (AvgIpc) is 2.51. The molecule has 0 amide bonds. The lowest BCUT2D eigenvalue weighted by Gasteiger charge is -2.23. The Morgan fingerprint density at radius 3 is 2.50 bits per heavy atom. The molecule has 1 aromatic carbocycles. The molecule has 0 aliphatic rings. The van der Waals surface area contributed by atoms with Gasteiger partial charge in [0.15, 0.2) is 0 Å². The van der Waals surface area contributed by atoms with E-state index >= 15 is 0 Å². The summed E-state index contributed by atoms with van der Waals surface area (Å²) in [6, 6.07) is 9.18. The standard InChI is InChI=1S/C18H25N3O5/c1-5-11-21(13-15(22)23)20-16(25-17(24)26-18(2,3)4)19-12-14-9-7-6-8-10-14/h5-10H,1,11-13H2,2-4H3,(H,19,20)(H,22,23). The van der Waals surface area contributed by atoms with Crippen molar-refractivity contribution in [3.05, 3.63) is 48.6 Å². The first-order valence-electron chi connectivity index (χ1n) is 8.03. The van der Waals surface area contributed by atoms with Gasteiger partial charge >= 0.3 is 18.1 Å². The molecule has 0 unspecified atom stereocenters. The summed E-state index contributed by atoms with van der Waals surface area (Å²) in [6.07, 6.45) is 0.573. The van der Waals surface area contributed by atoms with Crippen LogP contribution >= 0.6 is 0 Å². The third-order valence-electron chi connectivity index (χ3n) is 2.75. The smallest absolute Gasteiger partial charge is 0.480 e. The van der Waals surface area contributed by atoms with Gasteiger partial charge in [-0.3, -0.25) is 10.2 Å². The van der Waals surface area contributed by atoms with E-state index < -0.39 is 17.7 Å². The fraction of sp³-hybridized carbons (Fsp3) is 0.389. The van der Waals surface area contributed by atoms with Gasteiger partial charge in [0.05, 0.1) is 6.54 Å². The van der Waals surface area contributed by atoms with Gasteiger partial charge in [-0.1, -0.05) is 36.4 Å². The van der Waals surface area contributed by atoms with E-state index in [0.29, 0.717) is 0 Å². The van der Waals surface area contributed by atoms with Gasteiger partial charge < -0.3 is 14.6 Å². The third kappa shape index (κ3) is 9.43. The number of nitrogens with one attached hydrogen (secondary N) is 1. The molecule has 0 saturated carbocycles. The first-order chi connectivity index (χ1) is 12.2. The fourth-order valence-electron chi connectivity index (χ4n) is 1.79. The number of carbonyl (C=O) groups is 2. The quantitative estimate of drug-likeness (QED) is 0.252. The number of amidine groups is 1. The minimum absolute atomic E-state index is 0.161. The highest BCUT2D eigenvalue weighted by Gasteiger charge is 2.21. The topological polar surface area (TPSA) is 100 Å². The number of hydrogen-bond acceptors (Lipinski definition) is 6. The fourth-order valence-corrected chi connectivity index (χ4v) is 1.79. The van der Waals surface area contributed by atoms with Crippen LogP contribution in [-0.4, -0.2) is 47.0 Å².